The van der Waals surface area contributed by atoms with Crippen molar-refractivity contribution in [1.29, 1.82) is 0 Å². The molecule has 0 amide bonds. The van der Waals surface area contributed by atoms with Crippen LogP contribution in [0.3, 0.4) is 0 Å². The van der Waals surface area contributed by atoms with Crippen LogP contribution in [0, 0.1) is 6.07 Å². The summed E-state index contributed by atoms with van der Waals surface area (Å²) in [5, 5.41) is 14.0. The molecule has 5 aromatic rings. The minimum Gasteiger partial charge on any atom is -0.400 e. The largest absolute Gasteiger partial charge is 0.400 e. The van der Waals surface area contributed by atoms with Gasteiger partial charge in [-0.2, -0.15) is 0 Å². The molecular weight excluding hydrogens is 649 g/mol. The number of hydrogen-bond acceptors (Lipinski definition) is 3. The molecule has 5 rings (SSSR count). The number of para-hydroxylation sites is 2. The maximum absolute atomic E-state index is 7.00. The van der Waals surface area contributed by atoms with Crippen LogP contribution in [0.1, 0.15) is 50.7 Å². The molecule has 4 nitrogen and oxygen atoms in total. The summed E-state index contributed by atoms with van der Waals surface area (Å²) in [4.78, 5) is 5.07. The average molecular weight is 686 g/mol. The molecular formula is C33H37IrN2O2-. The van der Waals surface area contributed by atoms with E-state index in [-0.39, 0.29) is 20.1 Å². The Hall–Kier alpha value is -3.08. The van der Waals surface area contributed by atoms with E-state index >= 15 is 0 Å². The molecule has 0 saturated carbocycles. The van der Waals surface area contributed by atoms with Crippen LogP contribution in [-0.4, -0.2) is 34.0 Å². The van der Waals surface area contributed by atoms with Gasteiger partial charge in [-0.1, -0.05) is 70.2 Å². The average Bonchev–Trinajstić information content (AvgIpc) is 3.34. The number of fused-ring (bicyclic) bond motifs is 1. The molecule has 0 atom stereocenters. The number of nitrogens with zero attached hydrogens (tertiary/aromatic N) is 2. The van der Waals surface area contributed by atoms with Gasteiger partial charge in [0.25, 0.3) is 0 Å². The Labute approximate surface area is 240 Å². The van der Waals surface area contributed by atoms with Crippen molar-refractivity contribution in [3.05, 3.63) is 108 Å². The van der Waals surface area contributed by atoms with Gasteiger partial charge < -0.3 is 14.8 Å². The van der Waals surface area contributed by atoms with Gasteiger partial charge in [-0.15, -0.1) is 35.9 Å². The van der Waals surface area contributed by atoms with Crippen LogP contribution in [0.15, 0.2) is 91.0 Å². The van der Waals surface area contributed by atoms with Crippen LogP contribution in [-0.2, 0) is 20.1 Å². The standard InChI is InChI=1S/C31H29N2.2CH4O.Ir/c1-21(2)26-19-25(23-13-7-5-8-14-23)20-27(22(3)4)30(26)33-29-18-12-11-17-28(29)32-31(33)24-15-9-6-10-16-24;2*1-2;/h5-15,17-22H,1-4H3;2*2H,1H3;/q-1;;;. The van der Waals surface area contributed by atoms with E-state index in [1.54, 1.807) is 0 Å². The molecule has 0 unspecified atom stereocenters. The third-order valence-corrected chi connectivity index (χ3v) is 6.25. The molecule has 5 heteroatoms. The number of aliphatic hydroxyl groups excluding tert-OH is 2. The first kappa shape index (κ1) is 31.1. The molecule has 0 aliphatic heterocycles. The number of rotatable bonds is 5. The van der Waals surface area contributed by atoms with Crippen LogP contribution in [0.4, 0.5) is 0 Å². The van der Waals surface area contributed by atoms with Gasteiger partial charge >= 0.3 is 0 Å². The van der Waals surface area contributed by atoms with Crippen molar-refractivity contribution >= 4 is 11.0 Å². The molecule has 1 heterocycles. The zero-order valence-corrected chi connectivity index (χ0v) is 25.3. The summed E-state index contributed by atoms with van der Waals surface area (Å²) in [6.45, 7) is 9.13. The minimum atomic E-state index is 0. The van der Waals surface area contributed by atoms with Gasteiger partial charge in [0.15, 0.2) is 0 Å². The summed E-state index contributed by atoms with van der Waals surface area (Å²) < 4.78 is 2.36. The van der Waals surface area contributed by atoms with Crippen LogP contribution in [0.5, 0.6) is 0 Å². The zero-order chi connectivity index (χ0) is 26.9. The molecule has 201 valence electrons. The normalized spacial score (nSPS) is 10.4. The number of aromatic nitrogens is 2. The summed E-state index contributed by atoms with van der Waals surface area (Å²) in [6.07, 6.45) is 0. The molecule has 4 aromatic carbocycles. The van der Waals surface area contributed by atoms with Gasteiger partial charge in [-0.25, -0.2) is 0 Å². The predicted octanol–water partition coefficient (Wildman–Crippen LogP) is 7.62. The minimum absolute atomic E-state index is 0. The van der Waals surface area contributed by atoms with Crippen LogP contribution in [0.25, 0.3) is 39.2 Å². The molecule has 0 aliphatic carbocycles. The Morgan fingerprint density at radius 3 is 1.79 bits per heavy atom. The molecule has 2 N–H and O–H groups in total. The van der Waals surface area contributed by atoms with Crippen molar-refractivity contribution in [3.63, 3.8) is 0 Å². The Kier molecular flexibility index (Phi) is 12.1. The molecule has 1 aromatic heterocycles. The molecule has 0 spiro atoms. The summed E-state index contributed by atoms with van der Waals surface area (Å²) in [7, 11) is 2.00. The fourth-order valence-corrected chi connectivity index (χ4v) is 4.58. The van der Waals surface area contributed by atoms with E-state index in [9.17, 15) is 0 Å². The maximum atomic E-state index is 7.00. The van der Waals surface area contributed by atoms with Crippen molar-refractivity contribution in [3.8, 4) is 28.2 Å². The summed E-state index contributed by atoms with van der Waals surface area (Å²) in [5.41, 5.74) is 9.57. The topological polar surface area (TPSA) is 58.3 Å². The Bertz CT molecular complexity index is 1380. The molecule has 0 fully saturated rings. The second-order valence-corrected chi connectivity index (χ2v) is 9.21. The van der Waals surface area contributed by atoms with Gasteiger partial charge in [0, 0.05) is 40.0 Å². The summed E-state index contributed by atoms with van der Waals surface area (Å²) >= 11 is 0. The van der Waals surface area contributed by atoms with Crippen molar-refractivity contribution in [2.75, 3.05) is 14.2 Å². The first-order valence-corrected chi connectivity index (χ1v) is 12.6. The van der Waals surface area contributed by atoms with Crippen molar-refractivity contribution in [2.45, 2.75) is 39.5 Å². The second-order valence-electron chi connectivity index (χ2n) is 9.21. The van der Waals surface area contributed by atoms with Crippen molar-refractivity contribution < 1.29 is 30.3 Å². The number of benzene rings is 4. The van der Waals surface area contributed by atoms with E-state index in [1.165, 1.54) is 27.9 Å². The Morgan fingerprint density at radius 2 is 1.24 bits per heavy atom. The van der Waals surface area contributed by atoms with Gasteiger partial charge in [0.2, 0.25) is 0 Å². The second kappa shape index (κ2) is 14.8. The quantitative estimate of drug-likeness (QED) is 0.187. The first-order valence-electron chi connectivity index (χ1n) is 12.6. The Morgan fingerprint density at radius 1 is 0.684 bits per heavy atom. The van der Waals surface area contributed by atoms with E-state index in [1.807, 2.05) is 12.1 Å². The van der Waals surface area contributed by atoms with E-state index < -0.39 is 0 Å². The SMILES string of the molecule is CC(C)c1cc(-c2ccccc2)cc(C(C)C)c1-n1c(-c2[c-]cccc2)nc2ccccc21.CO.CO.[Ir]. The van der Waals surface area contributed by atoms with Crippen molar-refractivity contribution in [1.82, 2.24) is 9.55 Å². The van der Waals surface area contributed by atoms with Crippen LogP contribution in [0.2, 0.25) is 0 Å². The predicted molar refractivity (Wildman–Crippen MR) is 155 cm³/mol. The van der Waals surface area contributed by atoms with Crippen LogP contribution >= 0.6 is 0 Å². The molecule has 1 radical (unpaired) electrons. The van der Waals surface area contributed by atoms with Gasteiger partial charge in [0.1, 0.15) is 0 Å². The molecule has 0 aliphatic rings. The Balaban J connectivity index is 0.000000969. The smallest absolute Gasteiger partial charge is 0.0774 e. The number of hydrogen-bond donors (Lipinski definition) is 2. The maximum Gasteiger partial charge on any atom is 0.0774 e. The molecule has 0 saturated heterocycles. The van der Waals surface area contributed by atoms with E-state index in [4.69, 9.17) is 15.2 Å². The third-order valence-electron chi connectivity index (χ3n) is 6.25. The monoisotopic (exact) mass is 686 g/mol. The fraction of sp³-hybridized carbons (Fsp3) is 0.242. The van der Waals surface area contributed by atoms with Crippen molar-refractivity contribution in [2.24, 2.45) is 0 Å². The van der Waals surface area contributed by atoms with E-state index in [0.29, 0.717) is 11.8 Å². The first-order chi connectivity index (χ1) is 18.0. The van der Waals surface area contributed by atoms with Gasteiger partial charge in [0.05, 0.1) is 16.9 Å². The summed E-state index contributed by atoms with van der Waals surface area (Å²) in [6, 6.07) is 35.4. The number of imidazole rings is 1. The van der Waals surface area contributed by atoms with Gasteiger partial charge in [-0.3, -0.25) is 4.98 Å². The number of aliphatic hydroxyl groups is 2. The summed E-state index contributed by atoms with van der Waals surface area (Å²) in [5.74, 6) is 1.65. The molecule has 0 bridgehead atoms. The molecule has 38 heavy (non-hydrogen) atoms. The third kappa shape index (κ3) is 6.48. The van der Waals surface area contributed by atoms with Gasteiger partial charge in [-0.05, 0) is 58.4 Å². The van der Waals surface area contributed by atoms with E-state index in [0.717, 1.165) is 36.6 Å². The van der Waals surface area contributed by atoms with Crippen LogP contribution < -0.4 is 0 Å². The zero-order valence-electron chi connectivity index (χ0n) is 22.9. The fourth-order valence-electron chi connectivity index (χ4n) is 4.58. The van der Waals surface area contributed by atoms with E-state index in [2.05, 4.69) is 117 Å².